The molecule has 0 fully saturated rings. The number of rotatable bonds is 4. The third-order valence-corrected chi connectivity index (χ3v) is 3.32. The normalized spacial score (nSPS) is 11.1. The van der Waals surface area contributed by atoms with Crippen LogP contribution in [0.3, 0.4) is 0 Å². The molecule has 0 aliphatic carbocycles. The Morgan fingerprint density at radius 2 is 1.72 bits per heavy atom. The molecular formula is C17H11F3N4O. The summed E-state index contributed by atoms with van der Waals surface area (Å²) >= 11 is 0. The quantitative estimate of drug-likeness (QED) is 0.720. The Labute approximate surface area is 140 Å². The number of ether oxygens (including phenoxy) is 1. The lowest BCUT2D eigenvalue weighted by molar-refractivity contribution is -0.274. The van der Waals surface area contributed by atoms with Crippen LogP contribution in [-0.2, 0) is 6.42 Å². The fourth-order valence-electron chi connectivity index (χ4n) is 2.18. The van der Waals surface area contributed by atoms with Gasteiger partial charge in [0.2, 0.25) is 0 Å². The third-order valence-electron chi connectivity index (χ3n) is 3.32. The van der Waals surface area contributed by atoms with Gasteiger partial charge in [0.15, 0.2) is 5.82 Å². The number of alkyl halides is 3. The first-order chi connectivity index (χ1) is 11.9. The van der Waals surface area contributed by atoms with Gasteiger partial charge in [-0.15, -0.1) is 18.3 Å². The van der Waals surface area contributed by atoms with Crippen molar-refractivity contribution in [2.45, 2.75) is 12.8 Å². The molecule has 0 saturated heterocycles. The van der Waals surface area contributed by atoms with Gasteiger partial charge < -0.3 is 4.74 Å². The third kappa shape index (κ3) is 4.14. The number of benzene rings is 2. The maximum absolute atomic E-state index is 12.2. The molecule has 0 bridgehead atoms. The molecule has 0 radical (unpaired) electrons. The summed E-state index contributed by atoms with van der Waals surface area (Å²) in [5.74, 6) is 0.170. The molecule has 3 rings (SSSR count). The van der Waals surface area contributed by atoms with E-state index < -0.39 is 6.36 Å². The van der Waals surface area contributed by atoms with Crippen LogP contribution in [-0.4, -0.2) is 21.1 Å². The molecule has 0 atom stereocenters. The summed E-state index contributed by atoms with van der Waals surface area (Å²) < 4.78 is 41.8. The van der Waals surface area contributed by atoms with Crippen molar-refractivity contribution in [1.29, 1.82) is 5.26 Å². The summed E-state index contributed by atoms with van der Waals surface area (Å²) in [5.41, 5.74) is 2.22. The van der Waals surface area contributed by atoms with Gasteiger partial charge in [-0.2, -0.15) is 5.26 Å². The molecule has 0 N–H and O–H groups in total. The van der Waals surface area contributed by atoms with E-state index in [4.69, 9.17) is 5.26 Å². The molecule has 126 valence electrons. The van der Waals surface area contributed by atoms with E-state index >= 15 is 0 Å². The van der Waals surface area contributed by atoms with Crippen molar-refractivity contribution < 1.29 is 17.9 Å². The van der Waals surface area contributed by atoms with Gasteiger partial charge in [-0.25, -0.2) is 9.67 Å². The van der Waals surface area contributed by atoms with Crippen LogP contribution in [0.1, 0.15) is 5.56 Å². The fourth-order valence-corrected chi connectivity index (χ4v) is 2.18. The van der Waals surface area contributed by atoms with Gasteiger partial charge in [-0.05, 0) is 29.8 Å². The number of halogens is 3. The molecule has 0 aliphatic rings. The maximum Gasteiger partial charge on any atom is 0.573 e. The Morgan fingerprint density at radius 1 is 1.04 bits per heavy atom. The SMILES string of the molecule is N#CCc1ccc(-c2ncn(-c3ccc(OC(F)(F)F)cc3)n2)cc1. The fraction of sp³-hybridized carbons (Fsp3) is 0.118. The van der Waals surface area contributed by atoms with E-state index in [1.54, 1.807) is 0 Å². The van der Waals surface area contributed by atoms with E-state index in [-0.39, 0.29) is 5.75 Å². The zero-order valence-electron chi connectivity index (χ0n) is 12.7. The molecule has 1 aromatic heterocycles. The van der Waals surface area contributed by atoms with Gasteiger partial charge >= 0.3 is 6.36 Å². The highest BCUT2D eigenvalue weighted by Gasteiger charge is 2.30. The van der Waals surface area contributed by atoms with Crippen LogP contribution < -0.4 is 4.74 Å². The van der Waals surface area contributed by atoms with E-state index in [0.29, 0.717) is 17.9 Å². The zero-order valence-corrected chi connectivity index (χ0v) is 12.7. The summed E-state index contributed by atoms with van der Waals surface area (Å²) in [7, 11) is 0. The number of hydrogen-bond donors (Lipinski definition) is 0. The minimum absolute atomic E-state index is 0.301. The molecule has 8 heteroatoms. The molecular weight excluding hydrogens is 333 g/mol. The second kappa shape index (κ2) is 6.65. The molecule has 2 aromatic carbocycles. The highest BCUT2D eigenvalue weighted by atomic mass is 19.4. The topological polar surface area (TPSA) is 63.7 Å². The lowest BCUT2D eigenvalue weighted by Gasteiger charge is -2.09. The molecule has 3 aromatic rings. The summed E-state index contributed by atoms with van der Waals surface area (Å²) in [6.07, 6.45) is -2.92. The Bertz CT molecular complexity index is 893. The first-order valence-corrected chi connectivity index (χ1v) is 7.19. The van der Waals surface area contributed by atoms with Gasteiger partial charge in [0.1, 0.15) is 12.1 Å². The van der Waals surface area contributed by atoms with Crippen molar-refractivity contribution in [3.63, 3.8) is 0 Å². The molecule has 0 aliphatic heterocycles. The van der Waals surface area contributed by atoms with E-state index in [1.165, 1.54) is 35.3 Å². The number of aromatic nitrogens is 3. The molecule has 5 nitrogen and oxygen atoms in total. The average Bonchev–Trinajstić information content (AvgIpc) is 3.05. The monoisotopic (exact) mass is 344 g/mol. The zero-order chi connectivity index (χ0) is 17.9. The van der Waals surface area contributed by atoms with Crippen molar-refractivity contribution in [3.8, 4) is 28.9 Å². The van der Waals surface area contributed by atoms with Crippen molar-refractivity contribution in [1.82, 2.24) is 14.8 Å². The average molecular weight is 344 g/mol. The summed E-state index contributed by atoms with van der Waals surface area (Å²) in [5, 5.41) is 13.0. The number of nitriles is 1. The van der Waals surface area contributed by atoms with Crippen LogP contribution in [0.5, 0.6) is 5.75 Å². The first-order valence-electron chi connectivity index (χ1n) is 7.19. The molecule has 1 heterocycles. The van der Waals surface area contributed by atoms with Crippen molar-refractivity contribution in [3.05, 3.63) is 60.4 Å². The van der Waals surface area contributed by atoms with Gasteiger partial charge in [-0.3, -0.25) is 0 Å². The van der Waals surface area contributed by atoms with Crippen molar-refractivity contribution >= 4 is 0 Å². The molecule has 0 amide bonds. The maximum atomic E-state index is 12.2. The van der Waals surface area contributed by atoms with Crippen molar-refractivity contribution in [2.75, 3.05) is 0 Å². The minimum atomic E-state index is -4.72. The standard InChI is InChI=1S/C17H11F3N4O/c18-17(19,20)25-15-7-5-14(6-8-15)24-11-22-16(23-24)13-3-1-12(2-4-13)9-10-21/h1-8,11H,9H2. The Balaban J connectivity index is 1.78. The van der Waals surface area contributed by atoms with E-state index in [1.807, 2.05) is 24.3 Å². The minimum Gasteiger partial charge on any atom is -0.406 e. The van der Waals surface area contributed by atoms with Crippen LogP contribution in [0.4, 0.5) is 13.2 Å². The van der Waals surface area contributed by atoms with E-state index in [2.05, 4.69) is 20.9 Å². The highest BCUT2D eigenvalue weighted by Crippen LogP contribution is 2.24. The second-order valence-electron chi connectivity index (χ2n) is 5.09. The first kappa shape index (κ1) is 16.5. The van der Waals surface area contributed by atoms with Gasteiger partial charge in [0.05, 0.1) is 18.2 Å². The van der Waals surface area contributed by atoms with Crippen molar-refractivity contribution in [2.24, 2.45) is 0 Å². The summed E-state index contributed by atoms with van der Waals surface area (Å²) in [4.78, 5) is 4.20. The molecule has 0 spiro atoms. The number of hydrogen-bond acceptors (Lipinski definition) is 4. The Hall–Kier alpha value is -3.34. The molecule has 25 heavy (non-hydrogen) atoms. The Morgan fingerprint density at radius 3 is 2.32 bits per heavy atom. The second-order valence-corrected chi connectivity index (χ2v) is 5.09. The smallest absolute Gasteiger partial charge is 0.406 e. The van der Waals surface area contributed by atoms with Gasteiger partial charge in [0.25, 0.3) is 0 Å². The largest absolute Gasteiger partial charge is 0.573 e. The van der Waals surface area contributed by atoms with Gasteiger partial charge in [-0.1, -0.05) is 24.3 Å². The van der Waals surface area contributed by atoms with Crippen LogP contribution in [0.2, 0.25) is 0 Å². The van der Waals surface area contributed by atoms with Gasteiger partial charge in [0, 0.05) is 5.56 Å². The van der Waals surface area contributed by atoms with Crippen LogP contribution in [0.15, 0.2) is 54.9 Å². The van der Waals surface area contributed by atoms with E-state index in [0.717, 1.165) is 11.1 Å². The predicted octanol–water partition coefficient (Wildman–Crippen LogP) is 3.90. The molecule has 0 saturated carbocycles. The summed E-state index contributed by atoms with van der Waals surface area (Å²) in [6.45, 7) is 0. The highest BCUT2D eigenvalue weighted by molar-refractivity contribution is 5.55. The molecule has 0 unspecified atom stereocenters. The Kier molecular flexibility index (Phi) is 4.39. The number of nitrogens with zero attached hydrogens (tertiary/aromatic N) is 4. The lowest BCUT2D eigenvalue weighted by Crippen LogP contribution is -2.17. The van der Waals surface area contributed by atoms with Crippen LogP contribution in [0, 0.1) is 11.3 Å². The summed E-state index contributed by atoms with van der Waals surface area (Å²) in [6, 6.07) is 14.7. The predicted molar refractivity (Wildman–Crippen MR) is 82.8 cm³/mol. The lowest BCUT2D eigenvalue weighted by atomic mass is 10.1. The van der Waals surface area contributed by atoms with Crippen LogP contribution in [0.25, 0.3) is 17.1 Å². The van der Waals surface area contributed by atoms with E-state index in [9.17, 15) is 13.2 Å². The van der Waals surface area contributed by atoms with Crippen LogP contribution >= 0.6 is 0 Å².